The summed E-state index contributed by atoms with van der Waals surface area (Å²) in [5.41, 5.74) is 4.02. The lowest BCUT2D eigenvalue weighted by atomic mass is 9.76. The highest BCUT2D eigenvalue weighted by Gasteiger charge is 2.38. The molecule has 31 heavy (non-hydrogen) atoms. The fourth-order valence-electron chi connectivity index (χ4n) is 4.69. The average molecular weight is 423 g/mol. The maximum absolute atomic E-state index is 12.5. The molecule has 0 bridgehead atoms. The first-order valence-electron chi connectivity index (χ1n) is 10.8. The van der Waals surface area contributed by atoms with Gasteiger partial charge in [0.1, 0.15) is 0 Å². The predicted molar refractivity (Wildman–Crippen MR) is 122 cm³/mol. The number of hydrogen-bond donors (Lipinski definition) is 2. The fourth-order valence-corrected chi connectivity index (χ4v) is 4.69. The van der Waals surface area contributed by atoms with Gasteiger partial charge in [0, 0.05) is 23.7 Å². The van der Waals surface area contributed by atoms with E-state index < -0.39 is 0 Å². The summed E-state index contributed by atoms with van der Waals surface area (Å²) in [6.07, 6.45) is 6.39. The molecule has 2 aromatic rings. The Labute approximate surface area is 183 Å². The minimum atomic E-state index is -0.0186. The molecule has 164 valence electrons. The molecule has 1 aliphatic heterocycles. The Hall–Kier alpha value is -3.15. The second-order valence-corrected chi connectivity index (χ2v) is 7.99. The van der Waals surface area contributed by atoms with E-state index in [1.165, 1.54) is 5.56 Å². The van der Waals surface area contributed by atoms with Crippen molar-refractivity contribution in [3.05, 3.63) is 59.2 Å². The van der Waals surface area contributed by atoms with E-state index in [-0.39, 0.29) is 17.9 Å². The van der Waals surface area contributed by atoms with E-state index in [4.69, 9.17) is 14.2 Å². The van der Waals surface area contributed by atoms with Crippen molar-refractivity contribution in [1.29, 1.82) is 0 Å². The first-order chi connectivity index (χ1) is 15.1. The number of hydrogen-bond acceptors (Lipinski definition) is 5. The molecular formula is C25H30N2O4. The number of benzene rings is 2. The van der Waals surface area contributed by atoms with Gasteiger partial charge in [-0.05, 0) is 60.2 Å². The Bertz CT molecular complexity index is 976. The van der Waals surface area contributed by atoms with Crippen molar-refractivity contribution in [2.24, 2.45) is 5.92 Å². The van der Waals surface area contributed by atoms with Gasteiger partial charge >= 0.3 is 0 Å². The molecule has 4 rings (SSSR count). The third-order valence-electron chi connectivity index (χ3n) is 6.21. The lowest BCUT2D eigenvalue weighted by Gasteiger charge is -2.38. The molecule has 0 spiro atoms. The first-order valence-corrected chi connectivity index (χ1v) is 10.8. The normalized spacial score (nSPS) is 21.0. The maximum atomic E-state index is 12.5. The molecule has 3 atom stereocenters. The zero-order valence-electron chi connectivity index (χ0n) is 18.5. The second-order valence-electron chi connectivity index (χ2n) is 7.99. The number of fused-ring (bicyclic) bond motifs is 3. The van der Waals surface area contributed by atoms with Crippen LogP contribution in [0.3, 0.4) is 0 Å². The molecule has 2 aliphatic rings. The van der Waals surface area contributed by atoms with Crippen LogP contribution < -0.4 is 24.8 Å². The Kier molecular flexibility index (Phi) is 6.07. The predicted octanol–water partition coefficient (Wildman–Crippen LogP) is 4.68. The molecule has 0 saturated heterocycles. The van der Waals surface area contributed by atoms with Crippen molar-refractivity contribution in [1.82, 2.24) is 5.32 Å². The van der Waals surface area contributed by atoms with Crippen LogP contribution in [0.15, 0.2) is 42.5 Å². The Morgan fingerprint density at radius 3 is 2.48 bits per heavy atom. The van der Waals surface area contributed by atoms with E-state index in [2.05, 4.69) is 22.8 Å². The highest BCUT2D eigenvalue weighted by atomic mass is 16.5. The largest absolute Gasteiger partial charge is 0.493 e. The molecule has 3 unspecified atom stereocenters. The highest BCUT2D eigenvalue weighted by Crippen LogP contribution is 2.51. The third kappa shape index (κ3) is 3.82. The van der Waals surface area contributed by atoms with Gasteiger partial charge in [-0.1, -0.05) is 19.1 Å². The number of ether oxygens (including phenoxy) is 3. The van der Waals surface area contributed by atoms with Crippen LogP contribution in [0.1, 0.15) is 53.2 Å². The summed E-state index contributed by atoms with van der Waals surface area (Å²) in [5, 5.41) is 6.68. The van der Waals surface area contributed by atoms with Gasteiger partial charge in [-0.15, -0.1) is 0 Å². The summed E-state index contributed by atoms with van der Waals surface area (Å²) in [4.78, 5) is 12.5. The van der Waals surface area contributed by atoms with Crippen molar-refractivity contribution in [3.8, 4) is 17.2 Å². The molecule has 1 amide bonds. The van der Waals surface area contributed by atoms with Crippen LogP contribution in [0.5, 0.6) is 17.2 Å². The number of methoxy groups -OCH3 is 3. The van der Waals surface area contributed by atoms with Crippen LogP contribution in [0.25, 0.3) is 0 Å². The lowest BCUT2D eigenvalue weighted by molar-refractivity contribution is 0.0953. The number of anilines is 1. The Morgan fingerprint density at radius 2 is 1.84 bits per heavy atom. The SMILES string of the molecule is CCCNC(=O)c1ccc2c(c1)C1C=CCC1C(c1cc(OC)c(OC)c(OC)c1)N2. The molecule has 1 heterocycles. The summed E-state index contributed by atoms with van der Waals surface area (Å²) in [6.45, 7) is 2.73. The van der Waals surface area contributed by atoms with Crippen molar-refractivity contribution < 1.29 is 19.0 Å². The zero-order valence-corrected chi connectivity index (χ0v) is 18.5. The smallest absolute Gasteiger partial charge is 0.251 e. The molecule has 0 aromatic heterocycles. The Morgan fingerprint density at radius 1 is 1.10 bits per heavy atom. The molecule has 2 N–H and O–H groups in total. The quantitative estimate of drug-likeness (QED) is 0.634. The van der Waals surface area contributed by atoms with Crippen molar-refractivity contribution >= 4 is 11.6 Å². The molecule has 0 radical (unpaired) electrons. The Balaban J connectivity index is 1.71. The molecule has 6 nitrogen and oxygen atoms in total. The van der Waals surface area contributed by atoms with E-state index in [0.29, 0.717) is 35.3 Å². The summed E-state index contributed by atoms with van der Waals surface area (Å²) in [6, 6.07) is 10.1. The third-order valence-corrected chi connectivity index (χ3v) is 6.21. The molecule has 1 aliphatic carbocycles. The number of carbonyl (C=O) groups excluding carboxylic acids is 1. The van der Waals surface area contributed by atoms with Gasteiger partial charge in [0.25, 0.3) is 5.91 Å². The first kappa shape index (κ1) is 21.1. The van der Waals surface area contributed by atoms with E-state index in [9.17, 15) is 4.79 Å². The van der Waals surface area contributed by atoms with Gasteiger partial charge in [-0.2, -0.15) is 0 Å². The van der Waals surface area contributed by atoms with E-state index in [1.807, 2.05) is 37.3 Å². The summed E-state index contributed by atoms with van der Waals surface area (Å²) < 4.78 is 16.6. The van der Waals surface area contributed by atoms with Crippen molar-refractivity contribution in [2.75, 3.05) is 33.2 Å². The summed E-state index contributed by atoms with van der Waals surface area (Å²) in [7, 11) is 4.88. The summed E-state index contributed by atoms with van der Waals surface area (Å²) >= 11 is 0. The maximum Gasteiger partial charge on any atom is 0.251 e. The van der Waals surface area contributed by atoms with Crippen LogP contribution in [0, 0.1) is 5.92 Å². The van der Waals surface area contributed by atoms with E-state index in [1.54, 1.807) is 21.3 Å². The van der Waals surface area contributed by atoms with Crippen molar-refractivity contribution in [3.63, 3.8) is 0 Å². The fraction of sp³-hybridized carbons (Fsp3) is 0.400. The van der Waals surface area contributed by atoms with Gasteiger partial charge in [-0.3, -0.25) is 4.79 Å². The summed E-state index contributed by atoms with van der Waals surface area (Å²) in [5.74, 6) is 2.46. The van der Waals surface area contributed by atoms with Gasteiger partial charge in [0.15, 0.2) is 11.5 Å². The van der Waals surface area contributed by atoms with Crippen LogP contribution in [0.4, 0.5) is 5.69 Å². The molecule has 6 heteroatoms. The lowest BCUT2D eigenvalue weighted by Crippen LogP contribution is -2.30. The molecule has 2 aromatic carbocycles. The zero-order chi connectivity index (χ0) is 22.0. The monoisotopic (exact) mass is 422 g/mol. The standard InChI is InChI=1S/C25H30N2O4/c1-5-11-26-25(28)15-9-10-20-19(12-15)17-7-6-8-18(17)23(27-20)16-13-21(29-2)24(31-4)22(14-16)30-3/h6-7,9-10,12-14,17-18,23,27H,5,8,11H2,1-4H3,(H,26,28). The minimum absolute atomic E-state index is 0.0186. The number of nitrogens with one attached hydrogen (secondary N) is 2. The van der Waals surface area contributed by atoms with Gasteiger partial charge in [0.05, 0.1) is 27.4 Å². The number of allylic oxidation sites excluding steroid dienone is 2. The van der Waals surface area contributed by atoms with Crippen molar-refractivity contribution in [2.45, 2.75) is 31.7 Å². The topological polar surface area (TPSA) is 68.8 Å². The van der Waals surface area contributed by atoms with Gasteiger partial charge in [-0.25, -0.2) is 0 Å². The second kappa shape index (κ2) is 8.92. The van der Waals surface area contributed by atoms with E-state index in [0.717, 1.165) is 24.1 Å². The molecular weight excluding hydrogens is 392 g/mol. The van der Waals surface area contributed by atoms with Crippen LogP contribution in [-0.2, 0) is 0 Å². The van der Waals surface area contributed by atoms with E-state index >= 15 is 0 Å². The number of carbonyl (C=O) groups is 1. The van der Waals surface area contributed by atoms with Crippen LogP contribution in [0.2, 0.25) is 0 Å². The number of amides is 1. The van der Waals surface area contributed by atoms with Gasteiger partial charge < -0.3 is 24.8 Å². The number of rotatable bonds is 7. The van der Waals surface area contributed by atoms with Crippen LogP contribution in [-0.4, -0.2) is 33.8 Å². The van der Waals surface area contributed by atoms with Gasteiger partial charge in [0.2, 0.25) is 5.75 Å². The minimum Gasteiger partial charge on any atom is -0.493 e. The highest BCUT2D eigenvalue weighted by molar-refractivity contribution is 5.95. The molecule has 0 saturated carbocycles. The van der Waals surface area contributed by atoms with Crippen LogP contribution >= 0.6 is 0 Å². The molecule has 0 fully saturated rings. The average Bonchev–Trinajstić information content (AvgIpc) is 3.31.